The maximum Gasteiger partial charge on any atom is 0.142 e. The molecule has 0 saturated carbocycles. The first kappa shape index (κ1) is 19.8. The summed E-state index contributed by atoms with van der Waals surface area (Å²) in [5.41, 5.74) is 4.13. The standard InChI is InChI=1S/C19H24N4S.BrH/c1-4-23(5-2)11-10-20-17-12-18(19-21-14(3)13-24-19)22-16-9-7-6-8-15(16)17;/h6-9,12-13H,4-5,10-11H2,1-3H3,(H,20,22);1H. The lowest BCUT2D eigenvalue weighted by molar-refractivity contribution is 0.316. The van der Waals surface area contributed by atoms with E-state index in [1.54, 1.807) is 11.3 Å². The van der Waals surface area contributed by atoms with Gasteiger partial charge in [-0.3, -0.25) is 0 Å². The van der Waals surface area contributed by atoms with Gasteiger partial charge in [0.15, 0.2) is 0 Å². The van der Waals surface area contributed by atoms with Crippen LogP contribution >= 0.6 is 28.3 Å². The van der Waals surface area contributed by atoms with E-state index in [0.717, 1.165) is 59.2 Å². The molecular weight excluding hydrogens is 396 g/mol. The summed E-state index contributed by atoms with van der Waals surface area (Å²) < 4.78 is 0. The maximum atomic E-state index is 4.79. The Balaban J connectivity index is 0.00000225. The zero-order chi connectivity index (χ0) is 16.9. The van der Waals surface area contributed by atoms with Crippen LogP contribution in [0, 0.1) is 6.92 Å². The maximum absolute atomic E-state index is 4.79. The molecule has 0 atom stereocenters. The van der Waals surface area contributed by atoms with Gasteiger partial charge in [0.1, 0.15) is 10.7 Å². The van der Waals surface area contributed by atoms with Crippen LogP contribution in [0.15, 0.2) is 35.7 Å². The quantitative estimate of drug-likeness (QED) is 0.583. The molecule has 0 amide bonds. The molecule has 0 unspecified atom stereocenters. The largest absolute Gasteiger partial charge is 0.383 e. The van der Waals surface area contributed by atoms with E-state index in [9.17, 15) is 0 Å². The normalized spacial score (nSPS) is 10.9. The number of nitrogens with zero attached hydrogens (tertiary/aromatic N) is 3. The van der Waals surface area contributed by atoms with E-state index in [1.807, 2.05) is 13.0 Å². The summed E-state index contributed by atoms with van der Waals surface area (Å²) in [5, 5.41) is 7.81. The second-order valence-electron chi connectivity index (χ2n) is 5.82. The molecule has 6 heteroatoms. The third kappa shape index (κ3) is 4.77. The van der Waals surface area contributed by atoms with E-state index in [4.69, 9.17) is 4.98 Å². The molecule has 0 aliphatic heterocycles. The number of aryl methyl sites for hydroxylation is 1. The van der Waals surface area contributed by atoms with Gasteiger partial charge in [-0.15, -0.1) is 28.3 Å². The Morgan fingerprint density at radius 1 is 1.12 bits per heavy atom. The zero-order valence-electron chi connectivity index (χ0n) is 15.0. The monoisotopic (exact) mass is 420 g/mol. The van der Waals surface area contributed by atoms with E-state index < -0.39 is 0 Å². The Labute approximate surface area is 164 Å². The van der Waals surface area contributed by atoms with Gasteiger partial charge in [0.05, 0.1) is 5.52 Å². The molecule has 0 bridgehead atoms. The van der Waals surface area contributed by atoms with Crippen LogP contribution in [0.1, 0.15) is 19.5 Å². The van der Waals surface area contributed by atoms with Crippen molar-refractivity contribution in [1.29, 1.82) is 0 Å². The zero-order valence-corrected chi connectivity index (χ0v) is 17.5. The van der Waals surface area contributed by atoms with E-state index >= 15 is 0 Å². The van der Waals surface area contributed by atoms with Crippen LogP contribution < -0.4 is 5.32 Å². The summed E-state index contributed by atoms with van der Waals surface area (Å²) in [5.74, 6) is 0. The molecule has 0 spiro atoms. The van der Waals surface area contributed by atoms with Crippen molar-refractivity contribution in [3.63, 3.8) is 0 Å². The molecule has 3 rings (SSSR count). The number of para-hydroxylation sites is 1. The fourth-order valence-corrected chi connectivity index (χ4v) is 3.55. The average molecular weight is 421 g/mol. The first-order valence-corrected chi connectivity index (χ1v) is 9.37. The Morgan fingerprint density at radius 3 is 2.56 bits per heavy atom. The van der Waals surface area contributed by atoms with Crippen molar-refractivity contribution < 1.29 is 0 Å². The Morgan fingerprint density at radius 2 is 1.88 bits per heavy atom. The minimum absolute atomic E-state index is 0. The molecule has 4 nitrogen and oxygen atoms in total. The molecule has 1 N–H and O–H groups in total. The van der Waals surface area contributed by atoms with Crippen molar-refractivity contribution >= 4 is 44.9 Å². The van der Waals surface area contributed by atoms with Crippen LogP contribution in [-0.2, 0) is 0 Å². The minimum Gasteiger partial charge on any atom is -0.383 e. The molecule has 1 aromatic carbocycles. The fourth-order valence-electron chi connectivity index (χ4n) is 2.79. The second-order valence-corrected chi connectivity index (χ2v) is 6.68. The van der Waals surface area contributed by atoms with Crippen LogP contribution in [0.5, 0.6) is 0 Å². The van der Waals surface area contributed by atoms with Crippen molar-refractivity contribution in [2.45, 2.75) is 20.8 Å². The van der Waals surface area contributed by atoms with E-state index in [0.29, 0.717) is 0 Å². The Bertz CT molecular complexity index is 814. The molecule has 0 aliphatic rings. The van der Waals surface area contributed by atoms with Crippen molar-refractivity contribution in [3.8, 4) is 10.7 Å². The predicted molar refractivity (Wildman–Crippen MR) is 114 cm³/mol. The molecular formula is C19H25BrN4S. The average Bonchev–Trinajstić information content (AvgIpc) is 3.05. The number of anilines is 1. The SMILES string of the molecule is Br.CCN(CC)CCNc1cc(-c2nc(C)cs2)nc2ccccc12. The number of pyridine rings is 1. The van der Waals surface area contributed by atoms with E-state index in [-0.39, 0.29) is 17.0 Å². The summed E-state index contributed by atoms with van der Waals surface area (Å²) in [6, 6.07) is 10.4. The lowest BCUT2D eigenvalue weighted by Gasteiger charge is -2.19. The summed E-state index contributed by atoms with van der Waals surface area (Å²) in [7, 11) is 0. The first-order valence-electron chi connectivity index (χ1n) is 8.49. The van der Waals surface area contributed by atoms with Gasteiger partial charge >= 0.3 is 0 Å². The van der Waals surface area contributed by atoms with Gasteiger partial charge in [-0.25, -0.2) is 9.97 Å². The Hall–Kier alpha value is -1.50. The molecule has 2 aromatic heterocycles. The van der Waals surface area contributed by atoms with E-state index in [2.05, 4.69) is 58.7 Å². The Kier molecular flexibility index (Phi) is 7.35. The number of benzene rings is 1. The molecule has 0 aliphatic carbocycles. The number of halogens is 1. The number of hydrogen-bond acceptors (Lipinski definition) is 5. The van der Waals surface area contributed by atoms with Crippen LogP contribution in [0.2, 0.25) is 0 Å². The number of thiazole rings is 1. The first-order chi connectivity index (χ1) is 11.7. The van der Waals surface area contributed by atoms with Gasteiger partial charge in [0.25, 0.3) is 0 Å². The third-order valence-electron chi connectivity index (χ3n) is 4.19. The molecule has 25 heavy (non-hydrogen) atoms. The summed E-state index contributed by atoms with van der Waals surface area (Å²) >= 11 is 1.65. The highest BCUT2D eigenvalue weighted by atomic mass is 79.9. The minimum atomic E-state index is 0. The smallest absolute Gasteiger partial charge is 0.142 e. The van der Waals surface area contributed by atoms with Crippen LogP contribution in [0.4, 0.5) is 5.69 Å². The van der Waals surface area contributed by atoms with Crippen molar-refractivity contribution in [1.82, 2.24) is 14.9 Å². The number of fused-ring (bicyclic) bond motifs is 1. The molecule has 2 heterocycles. The number of likely N-dealkylation sites (N-methyl/N-ethyl adjacent to an activating group) is 1. The van der Waals surface area contributed by atoms with Gasteiger partial charge in [-0.1, -0.05) is 32.0 Å². The van der Waals surface area contributed by atoms with Crippen molar-refractivity contribution in [2.24, 2.45) is 0 Å². The van der Waals surface area contributed by atoms with Gasteiger partial charge in [0, 0.05) is 35.2 Å². The highest BCUT2D eigenvalue weighted by Gasteiger charge is 2.10. The summed E-state index contributed by atoms with van der Waals surface area (Å²) in [6.07, 6.45) is 0. The van der Waals surface area contributed by atoms with Crippen LogP contribution in [0.3, 0.4) is 0 Å². The number of nitrogens with one attached hydrogen (secondary N) is 1. The third-order valence-corrected chi connectivity index (χ3v) is 5.17. The predicted octanol–water partition coefficient (Wildman–Crippen LogP) is 5.00. The lowest BCUT2D eigenvalue weighted by Crippen LogP contribution is -2.28. The van der Waals surface area contributed by atoms with Gasteiger partial charge < -0.3 is 10.2 Å². The topological polar surface area (TPSA) is 41.0 Å². The van der Waals surface area contributed by atoms with E-state index in [1.165, 1.54) is 0 Å². The molecule has 0 radical (unpaired) electrons. The second kappa shape index (κ2) is 9.27. The lowest BCUT2D eigenvalue weighted by atomic mass is 10.1. The van der Waals surface area contributed by atoms with Crippen molar-refractivity contribution in [3.05, 3.63) is 41.4 Å². The molecule has 0 saturated heterocycles. The number of aromatic nitrogens is 2. The summed E-state index contributed by atoms with van der Waals surface area (Å²) in [4.78, 5) is 11.8. The van der Waals surface area contributed by atoms with Gasteiger partial charge in [-0.05, 0) is 32.1 Å². The fraction of sp³-hybridized carbons (Fsp3) is 0.368. The molecule has 3 aromatic rings. The van der Waals surface area contributed by atoms with Gasteiger partial charge in [-0.2, -0.15) is 0 Å². The highest BCUT2D eigenvalue weighted by Crippen LogP contribution is 2.29. The highest BCUT2D eigenvalue weighted by molar-refractivity contribution is 8.93. The van der Waals surface area contributed by atoms with Crippen molar-refractivity contribution in [2.75, 3.05) is 31.5 Å². The number of hydrogen-bond donors (Lipinski definition) is 1. The molecule has 0 fully saturated rings. The van der Waals surface area contributed by atoms with Crippen LogP contribution in [0.25, 0.3) is 21.6 Å². The summed E-state index contributed by atoms with van der Waals surface area (Å²) in [6.45, 7) is 10.5. The van der Waals surface area contributed by atoms with Gasteiger partial charge in [0.2, 0.25) is 0 Å². The molecule has 134 valence electrons. The number of rotatable bonds is 7. The van der Waals surface area contributed by atoms with Crippen LogP contribution in [-0.4, -0.2) is 41.0 Å².